The summed E-state index contributed by atoms with van der Waals surface area (Å²) in [6.07, 6.45) is 5.00. The minimum absolute atomic E-state index is 0.179. The lowest BCUT2D eigenvalue weighted by molar-refractivity contribution is -0.180. The summed E-state index contributed by atoms with van der Waals surface area (Å²) in [7, 11) is -3.26. The van der Waals surface area contributed by atoms with Gasteiger partial charge >= 0.3 is 0 Å². The second-order valence-electron chi connectivity index (χ2n) is 8.28. The highest BCUT2D eigenvalue weighted by molar-refractivity contribution is 7.88. The molecule has 0 spiro atoms. The Balaban J connectivity index is 1.64. The molecule has 1 aromatic carbocycles. The number of piperazine rings is 1. The fourth-order valence-corrected chi connectivity index (χ4v) is 4.95. The van der Waals surface area contributed by atoms with Crippen LogP contribution in [0.1, 0.15) is 24.0 Å². The third-order valence-electron chi connectivity index (χ3n) is 5.94. The van der Waals surface area contributed by atoms with Crippen molar-refractivity contribution in [2.75, 3.05) is 50.5 Å². The second-order valence-corrected chi connectivity index (χ2v) is 10.3. The van der Waals surface area contributed by atoms with E-state index in [0.29, 0.717) is 69.2 Å². The summed E-state index contributed by atoms with van der Waals surface area (Å²) >= 11 is 0. The second kappa shape index (κ2) is 10.1. The molecule has 0 atom stereocenters. The Hall–Kier alpha value is -2.71. The van der Waals surface area contributed by atoms with E-state index in [-0.39, 0.29) is 11.8 Å². The maximum atomic E-state index is 13.4. The summed E-state index contributed by atoms with van der Waals surface area (Å²) in [4.78, 5) is 15.4. The molecule has 0 amide bonds. The summed E-state index contributed by atoms with van der Waals surface area (Å²) in [6.45, 7) is 2.92. The van der Waals surface area contributed by atoms with E-state index in [2.05, 4.69) is 6.07 Å². The molecule has 0 radical (unpaired) electrons. The molecule has 0 bridgehead atoms. The summed E-state index contributed by atoms with van der Waals surface area (Å²) in [5.41, 5.74) is 2.50. The van der Waals surface area contributed by atoms with Crippen molar-refractivity contribution in [3.8, 4) is 11.8 Å². The van der Waals surface area contributed by atoms with E-state index >= 15 is 0 Å². The number of nitriles is 1. The van der Waals surface area contributed by atoms with Crippen molar-refractivity contribution in [3.05, 3.63) is 58.0 Å². The van der Waals surface area contributed by atoms with Crippen molar-refractivity contribution in [1.82, 2.24) is 8.87 Å². The maximum absolute atomic E-state index is 13.4. The molecule has 1 aromatic heterocycles. The van der Waals surface area contributed by atoms with Gasteiger partial charge in [-0.3, -0.25) is 9.36 Å². The molecule has 0 saturated carbocycles. The first-order valence-electron chi connectivity index (χ1n) is 11.0. The maximum Gasteiger partial charge on any atom is 0.278 e. The van der Waals surface area contributed by atoms with Crippen molar-refractivity contribution >= 4 is 15.7 Å². The van der Waals surface area contributed by atoms with Crippen LogP contribution in [0.2, 0.25) is 0 Å². The molecular weight excluding hydrogens is 444 g/mol. The molecule has 0 N–H and O–H groups in total. The van der Waals surface area contributed by atoms with Crippen LogP contribution in [0.25, 0.3) is 5.69 Å². The highest BCUT2D eigenvalue weighted by atomic mass is 32.2. The fourth-order valence-electron chi connectivity index (χ4n) is 4.12. The third-order valence-corrected chi connectivity index (χ3v) is 7.25. The van der Waals surface area contributed by atoms with Gasteiger partial charge in [-0.2, -0.15) is 9.57 Å². The SMILES string of the molecule is CS(=O)(=O)N1CCN(c2cc(CCC3OCCCO3)cn(-c3ccc(C#N)cc3)c2=O)CC1. The van der Waals surface area contributed by atoms with Crippen molar-refractivity contribution in [2.24, 2.45) is 0 Å². The summed E-state index contributed by atoms with van der Waals surface area (Å²) in [5, 5.41) is 9.09. The van der Waals surface area contributed by atoms with Gasteiger partial charge in [-0.15, -0.1) is 0 Å². The van der Waals surface area contributed by atoms with E-state index in [4.69, 9.17) is 14.7 Å². The molecule has 33 heavy (non-hydrogen) atoms. The van der Waals surface area contributed by atoms with Gasteiger partial charge in [0.05, 0.1) is 31.1 Å². The number of ether oxygens (including phenoxy) is 2. The molecule has 10 heteroatoms. The molecular formula is C23H28N4O5S. The molecule has 9 nitrogen and oxygen atoms in total. The topological polar surface area (TPSA) is 105 Å². The lowest BCUT2D eigenvalue weighted by atomic mass is 10.1. The average Bonchev–Trinajstić information content (AvgIpc) is 2.83. The van der Waals surface area contributed by atoms with Crippen LogP contribution in [0.15, 0.2) is 41.3 Å². The van der Waals surface area contributed by atoms with Gasteiger partial charge in [0.15, 0.2) is 6.29 Å². The van der Waals surface area contributed by atoms with Crippen LogP contribution in [0.4, 0.5) is 5.69 Å². The van der Waals surface area contributed by atoms with Gasteiger partial charge in [0.25, 0.3) is 5.56 Å². The Labute approximate surface area is 193 Å². The molecule has 2 aromatic rings. The van der Waals surface area contributed by atoms with Gasteiger partial charge < -0.3 is 14.4 Å². The van der Waals surface area contributed by atoms with Crippen LogP contribution in [0.5, 0.6) is 0 Å². The molecule has 0 aliphatic carbocycles. The summed E-state index contributed by atoms with van der Waals surface area (Å²) < 4.78 is 38.1. The number of rotatable bonds is 6. The Bertz CT molecular complexity index is 1170. The first-order valence-corrected chi connectivity index (χ1v) is 12.9. The van der Waals surface area contributed by atoms with E-state index in [1.165, 1.54) is 10.6 Å². The van der Waals surface area contributed by atoms with Gasteiger partial charge in [0, 0.05) is 44.5 Å². The predicted octanol–water partition coefficient (Wildman–Crippen LogP) is 1.49. The number of hydrogen-bond donors (Lipinski definition) is 0. The van der Waals surface area contributed by atoms with Crippen LogP contribution in [-0.4, -0.2) is 69.2 Å². The van der Waals surface area contributed by atoms with E-state index in [0.717, 1.165) is 12.0 Å². The first-order chi connectivity index (χ1) is 15.8. The molecule has 2 aliphatic rings. The van der Waals surface area contributed by atoms with E-state index < -0.39 is 10.0 Å². The number of anilines is 1. The number of nitrogens with zero attached hydrogens (tertiary/aromatic N) is 4. The van der Waals surface area contributed by atoms with Gasteiger partial charge in [-0.05, 0) is 48.7 Å². The zero-order chi connectivity index (χ0) is 23.4. The van der Waals surface area contributed by atoms with Crippen LogP contribution >= 0.6 is 0 Å². The molecule has 2 aliphatic heterocycles. The molecule has 0 unspecified atom stereocenters. The molecule has 2 saturated heterocycles. The number of sulfonamides is 1. The number of aromatic nitrogens is 1. The summed E-state index contributed by atoms with van der Waals surface area (Å²) in [5.74, 6) is 0. The Morgan fingerprint density at radius 1 is 1.09 bits per heavy atom. The minimum atomic E-state index is -3.26. The number of aryl methyl sites for hydroxylation is 1. The number of pyridine rings is 1. The van der Waals surface area contributed by atoms with Gasteiger partial charge in [0.1, 0.15) is 5.69 Å². The van der Waals surface area contributed by atoms with E-state index in [1.54, 1.807) is 28.8 Å². The fraction of sp³-hybridized carbons (Fsp3) is 0.478. The van der Waals surface area contributed by atoms with Crippen LogP contribution < -0.4 is 10.5 Å². The zero-order valence-corrected chi connectivity index (χ0v) is 19.5. The summed E-state index contributed by atoms with van der Waals surface area (Å²) in [6, 6.07) is 10.9. The van der Waals surface area contributed by atoms with Gasteiger partial charge in [-0.25, -0.2) is 8.42 Å². The Kier molecular flexibility index (Phi) is 7.14. The monoisotopic (exact) mass is 472 g/mol. The highest BCUT2D eigenvalue weighted by Gasteiger charge is 2.26. The highest BCUT2D eigenvalue weighted by Crippen LogP contribution is 2.20. The van der Waals surface area contributed by atoms with Gasteiger partial charge in [0.2, 0.25) is 10.0 Å². The molecule has 3 heterocycles. The van der Waals surface area contributed by atoms with Crippen molar-refractivity contribution in [2.45, 2.75) is 25.6 Å². The van der Waals surface area contributed by atoms with Crippen molar-refractivity contribution in [3.63, 3.8) is 0 Å². The molecule has 2 fully saturated rings. The number of benzene rings is 1. The van der Waals surface area contributed by atoms with Crippen molar-refractivity contribution in [1.29, 1.82) is 5.26 Å². The zero-order valence-electron chi connectivity index (χ0n) is 18.6. The normalized spacial score (nSPS) is 18.2. The van der Waals surface area contributed by atoms with E-state index in [1.807, 2.05) is 17.2 Å². The standard InChI is InChI=1S/C23H28N4O5S/c1-33(29,30)26-11-9-25(10-12-26)21-15-19(5-8-22-31-13-2-14-32-22)17-27(23(21)28)20-6-3-18(16-24)4-7-20/h3-4,6-7,15,17,22H,2,5,8-14H2,1H3. The van der Waals surface area contributed by atoms with Crippen molar-refractivity contribution < 1.29 is 17.9 Å². The first kappa shape index (κ1) is 23.4. The number of hydrogen-bond acceptors (Lipinski definition) is 7. The lowest BCUT2D eigenvalue weighted by Gasteiger charge is -2.34. The van der Waals surface area contributed by atoms with Crippen LogP contribution in [-0.2, 0) is 25.9 Å². The Morgan fingerprint density at radius 3 is 2.36 bits per heavy atom. The largest absolute Gasteiger partial charge is 0.364 e. The van der Waals surface area contributed by atoms with Crippen LogP contribution in [0, 0.1) is 11.3 Å². The third kappa shape index (κ3) is 5.62. The average molecular weight is 473 g/mol. The van der Waals surface area contributed by atoms with E-state index in [9.17, 15) is 13.2 Å². The van der Waals surface area contributed by atoms with Crippen LogP contribution in [0.3, 0.4) is 0 Å². The molecule has 176 valence electrons. The molecule has 4 rings (SSSR count). The van der Waals surface area contributed by atoms with Gasteiger partial charge in [-0.1, -0.05) is 0 Å². The predicted molar refractivity (Wildman–Crippen MR) is 124 cm³/mol. The smallest absolute Gasteiger partial charge is 0.278 e. The Morgan fingerprint density at radius 2 is 1.76 bits per heavy atom. The minimum Gasteiger partial charge on any atom is -0.364 e. The lowest BCUT2D eigenvalue weighted by Crippen LogP contribution is -2.49. The quantitative estimate of drug-likeness (QED) is 0.627.